The summed E-state index contributed by atoms with van der Waals surface area (Å²) in [7, 11) is 1.00. The number of aryl methyl sites for hydroxylation is 1. The van der Waals surface area contributed by atoms with Crippen molar-refractivity contribution in [2.75, 3.05) is 20.2 Å². The SMILES string of the molecule is COC1(C(F)(F)F)CN(C(=O)NCc2noc3c2CCCC3)C1. The van der Waals surface area contributed by atoms with Crippen LogP contribution in [-0.4, -0.2) is 48.1 Å². The topological polar surface area (TPSA) is 67.6 Å². The maximum absolute atomic E-state index is 12.9. The van der Waals surface area contributed by atoms with Crippen molar-refractivity contribution in [2.24, 2.45) is 0 Å². The number of alkyl halides is 3. The van der Waals surface area contributed by atoms with Gasteiger partial charge in [0.1, 0.15) is 11.5 Å². The summed E-state index contributed by atoms with van der Waals surface area (Å²) < 4.78 is 48.5. The first-order valence-electron chi connectivity index (χ1n) is 7.47. The Morgan fingerprint density at radius 1 is 1.39 bits per heavy atom. The Morgan fingerprint density at radius 2 is 2.09 bits per heavy atom. The standard InChI is InChI=1S/C14H18F3N3O3/c1-22-13(14(15,16)17)7-20(8-13)12(21)18-6-10-9-4-2-3-5-11(9)23-19-10/h2-8H2,1H3,(H,18,21). The molecule has 3 rings (SSSR count). The largest absolute Gasteiger partial charge is 0.420 e. The summed E-state index contributed by atoms with van der Waals surface area (Å²) in [4.78, 5) is 13.0. The van der Waals surface area contributed by atoms with Crippen LogP contribution in [0.4, 0.5) is 18.0 Å². The van der Waals surface area contributed by atoms with Gasteiger partial charge >= 0.3 is 12.2 Å². The van der Waals surface area contributed by atoms with Gasteiger partial charge in [-0.3, -0.25) is 0 Å². The van der Waals surface area contributed by atoms with E-state index in [1.807, 2.05) is 0 Å². The van der Waals surface area contributed by atoms with Crippen molar-refractivity contribution >= 4 is 6.03 Å². The van der Waals surface area contributed by atoms with E-state index < -0.39 is 30.9 Å². The number of likely N-dealkylation sites (tertiary alicyclic amines) is 1. The number of amides is 2. The van der Waals surface area contributed by atoms with Crippen molar-refractivity contribution in [2.45, 2.75) is 44.0 Å². The van der Waals surface area contributed by atoms with Crippen molar-refractivity contribution in [3.05, 3.63) is 17.0 Å². The van der Waals surface area contributed by atoms with E-state index in [2.05, 4.69) is 15.2 Å². The Hall–Kier alpha value is -1.77. The molecule has 1 aromatic heterocycles. The number of rotatable bonds is 3. The quantitative estimate of drug-likeness (QED) is 0.919. The summed E-state index contributed by atoms with van der Waals surface area (Å²) in [5.74, 6) is 0.847. The van der Waals surface area contributed by atoms with E-state index in [9.17, 15) is 18.0 Å². The van der Waals surface area contributed by atoms with Crippen LogP contribution in [0.2, 0.25) is 0 Å². The highest BCUT2D eigenvalue weighted by Crippen LogP contribution is 2.40. The number of ether oxygens (including phenoxy) is 1. The minimum absolute atomic E-state index is 0.153. The van der Waals surface area contributed by atoms with E-state index in [1.54, 1.807) is 0 Å². The first-order valence-corrected chi connectivity index (χ1v) is 7.47. The van der Waals surface area contributed by atoms with Gasteiger partial charge in [-0.05, 0) is 19.3 Å². The van der Waals surface area contributed by atoms with Gasteiger partial charge in [0.25, 0.3) is 0 Å². The zero-order valence-electron chi connectivity index (χ0n) is 12.7. The van der Waals surface area contributed by atoms with Crippen LogP contribution >= 0.6 is 0 Å². The molecule has 1 saturated heterocycles. The Labute approximate surface area is 130 Å². The van der Waals surface area contributed by atoms with Crippen LogP contribution in [-0.2, 0) is 24.1 Å². The first kappa shape index (κ1) is 16.1. The van der Waals surface area contributed by atoms with Gasteiger partial charge in [0.15, 0.2) is 5.60 Å². The summed E-state index contributed by atoms with van der Waals surface area (Å²) in [6.45, 7) is -0.855. The zero-order valence-corrected chi connectivity index (χ0v) is 12.7. The Bertz CT molecular complexity index is 594. The Balaban J connectivity index is 1.54. The molecule has 0 unspecified atom stereocenters. The first-order chi connectivity index (χ1) is 10.9. The fraction of sp³-hybridized carbons (Fsp3) is 0.714. The molecule has 0 saturated carbocycles. The van der Waals surface area contributed by atoms with E-state index in [0.717, 1.165) is 49.0 Å². The molecule has 1 fully saturated rings. The van der Waals surface area contributed by atoms with Crippen LogP contribution < -0.4 is 5.32 Å². The molecule has 1 aromatic rings. The average molecular weight is 333 g/mol. The molecule has 2 aliphatic rings. The third kappa shape index (κ3) is 2.77. The molecular weight excluding hydrogens is 315 g/mol. The molecule has 0 atom stereocenters. The second-order valence-electron chi connectivity index (χ2n) is 5.95. The van der Waals surface area contributed by atoms with Crippen LogP contribution in [0.25, 0.3) is 0 Å². The van der Waals surface area contributed by atoms with Gasteiger partial charge in [0.05, 0.1) is 19.6 Å². The molecule has 9 heteroatoms. The number of nitrogens with zero attached hydrogens (tertiary/aromatic N) is 2. The number of aromatic nitrogens is 1. The minimum Gasteiger partial charge on any atom is -0.365 e. The molecule has 2 heterocycles. The number of hydrogen-bond donors (Lipinski definition) is 1. The monoisotopic (exact) mass is 333 g/mol. The average Bonchev–Trinajstić information content (AvgIpc) is 2.86. The lowest BCUT2D eigenvalue weighted by molar-refractivity contribution is -0.303. The molecule has 2 amide bonds. The molecule has 1 aliphatic heterocycles. The highest BCUT2D eigenvalue weighted by atomic mass is 19.4. The number of nitrogens with one attached hydrogen (secondary N) is 1. The van der Waals surface area contributed by atoms with Crippen molar-refractivity contribution in [1.29, 1.82) is 0 Å². The van der Waals surface area contributed by atoms with Crippen molar-refractivity contribution in [3.8, 4) is 0 Å². The van der Waals surface area contributed by atoms with Crippen LogP contribution in [0.3, 0.4) is 0 Å². The molecule has 0 bridgehead atoms. The van der Waals surface area contributed by atoms with Crippen molar-refractivity contribution < 1.29 is 27.2 Å². The van der Waals surface area contributed by atoms with Gasteiger partial charge in [-0.25, -0.2) is 4.79 Å². The van der Waals surface area contributed by atoms with Crippen LogP contribution in [0.5, 0.6) is 0 Å². The number of urea groups is 1. The van der Waals surface area contributed by atoms with E-state index in [1.165, 1.54) is 0 Å². The lowest BCUT2D eigenvalue weighted by Gasteiger charge is -2.49. The third-order valence-electron chi connectivity index (χ3n) is 4.53. The van der Waals surface area contributed by atoms with Gasteiger partial charge in [-0.1, -0.05) is 5.16 Å². The Morgan fingerprint density at radius 3 is 2.74 bits per heavy atom. The fourth-order valence-electron chi connectivity index (χ4n) is 3.00. The van der Waals surface area contributed by atoms with Gasteiger partial charge in [-0.15, -0.1) is 0 Å². The molecule has 23 heavy (non-hydrogen) atoms. The highest BCUT2D eigenvalue weighted by molar-refractivity contribution is 5.75. The second kappa shape index (κ2) is 5.70. The lowest BCUT2D eigenvalue weighted by atomic mass is 9.93. The summed E-state index contributed by atoms with van der Waals surface area (Å²) in [6.07, 6.45) is -0.704. The predicted molar refractivity (Wildman–Crippen MR) is 72.7 cm³/mol. The van der Waals surface area contributed by atoms with E-state index in [4.69, 9.17) is 4.52 Å². The molecule has 0 radical (unpaired) electrons. The summed E-state index contributed by atoms with van der Waals surface area (Å²) in [5.41, 5.74) is -0.582. The smallest absolute Gasteiger partial charge is 0.365 e. The normalized spacial score (nSPS) is 19.9. The fourth-order valence-corrected chi connectivity index (χ4v) is 3.00. The number of methoxy groups -OCH3 is 1. The van der Waals surface area contributed by atoms with Gasteiger partial charge in [0, 0.05) is 19.1 Å². The van der Waals surface area contributed by atoms with Crippen molar-refractivity contribution in [1.82, 2.24) is 15.4 Å². The van der Waals surface area contributed by atoms with Crippen LogP contribution in [0.15, 0.2) is 4.52 Å². The number of halogens is 3. The molecular formula is C14H18F3N3O3. The van der Waals surface area contributed by atoms with Crippen molar-refractivity contribution in [3.63, 3.8) is 0 Å². The molecule has 128 valence electrons. The third-order valence-corrected chi connectivity index (χ3v) is 4.53. The van der Waals surface area contributed by atoms with Crippen LogP contribution in [0.1, 0.15) is 29.9 Å². The molecule has 1 aliphatic carbocycles. The molecule has 6 nitrogen and oxygen atoms in total. The van der Waals surface area contributed by atoms with Crippen LogP contribution in [0, 0.1) is 0 Å². The Kier molecular flexibility index (Phi) is 3.99. The zero-order chi connectivity index (χ0) is 16.7. The maximum atomic E-state index is 12.9. The highest BCUT2D eigenvalue weighted by Gasteiger charge is 2.63. The van der Waals surface area contributed by atoms with Gasteiger partial charge in [-0.2, -0.15) is 13.2 Å². The second-order valence-corrected chi connectivity index (χ2v) is 5.95. The lowest BCUT2D eigenvalue weighted by Crippen LogP contribution is -2.72. The predicted octanol–water partition coefficient (Wildman–Crippen LogP) is 2.03. The summed E-state index contributed by atoms with van der Waals surface area (Å²) in [6, 6.07) is -0.561. The molecule has 0 spiro atoms. The minimum atomic E-state index is -4.50. The van der Waals surface area contributed by atoms with Gasteiger partial charge < -0.3 is 19.5 Å². The summed E-state index contributed by atoms with van der Waals surface area (Å²) in [5, 5.41) is 6.54. The van der Waals surface area contributed by atoms with E-state index >= 15 is 0 Å². The van der Waals surface area contributed by atoms with Gasteiger partial charge in [0.2, 0.25) is 0 Å². The number of fused-ring (bicyclic) bond motifs is 1. The number of carbonyl (C=O) groups is 1. The number of carbonyl (C=O) groups excluding carboxylic acids is 1. The number of hydrogen-bond acceptors (Lipinski definition) is 4. The van der Waals surface area contributed by atoms with E-state index in [-0.39, 0.29) is 6.54 Å². The molecule has 0 aromatic carbocycles. The van der Waals surface area contributed by atoms with E-state index in [0.29, 0.717) is 5.69 Å². The molecule has 1 N–H and O–H groups in total. The summed E-state index contributed by atoms with van der Waals surface area (Å²) >= 11 is 0. The maximum Gasteiger partial charge on any atom is 0.420 e.